The van der Waals surface area contributed by atoms with Gasteiger partial charge in [0.05, 0.1) is 0 Å². The van der Waals surface area contributed by atoms with Crippen LogP contribution in [0.3, 0.4) is 0 Å². The maximum atomic E-state index is 3.98. The second-order valence-electron chi connectivity index (χ2n) is 3.48. The first-order valence-electron chi connectivity index (χ1n) is 4.93. The molecule has 0 aliphatic carbocycles. The fourth-order valence-electron chi connectivity index (χ4n) is 1.23. The van der Waals surface area contributed by atoms with Gasteiger partial charge in [0.15, 0.2) is 0 Å². The maximum absolute atomic E-state index is 3.98. The predicted molar refractivity (Wildman–Crippen MR) is 68.1 cm³/mol. The number of rotatable bonds is 4. The van der Waals surface area contributed by atoms with Gasteiger partial charge in [-0.05, 0) is 25.1 Å². The van der Waals surface area contributed by atoms with Crippen molar-refractivity contribution in [2.45, 2.75) is 6.92 Å². The number of nitrogens with zero attached hydrogens (tertiary/aromatic N) is 1. The molecule has 0 aliphatic heterocycles. The molecule has 0 fully saturated rings. The van der Waals surface area contributed by atoms with Gasteiger partial charge >= 0.3 is 0 Å². The molecule has 78 valence electrons. The van der Waals surface area contributed by atoms with E-state index in [2.05, 4.69) is 44.3 Å². The van der Waals surface area contributed by atoms with Crippen molar-refractivity contribution >= 4 is 5.69 Å². The normalized spacial score (nSPS) is 10.3. The van der Waals surface area contributed by atoms with Gasteiger partial charge in [-0.1, -0.05) is 43.0 Å². The van der Waals surface area contributed by atoms with Gasteiger partial charge in [-0.3, -0.25) is 0 Å². The molecule has 0 amide bonds. The highest BCUT2D eigenvalue weighted by Crippen LogP contribution is 2.17. The second kappa shape index (κ2) is 5.20. The van der Waals surface area contributed by atoms with Crippen molar-refractivity contribution in [3.63, 3.8) is 0 Å². The highest BCUT2D eigenvalue weighted by molar-refractivity contribution is 5.53. The monoisotopic (exact) mass is 199 g/mol. The van der Waals surface area contributed by atoms with Gasteiger partial charge in [0.1, 0.15) is 0 Å². The number of hydrogen-bond acceptors (Lipinski definition) is 1. The lowest BCUT2D eigenvalue weighted by atomic mass is 10.2. The van der Waals surface area contributed by atoms with Gasteiger partial charge < -0.3 is 4.90 Å². The molecule has 0 atom stereocenters. The molecular formula is C14H17N. The highest BCUT2D eigenvalue weighted by Gasteiger charge is 2.00. The topological polar surface area (TPSA) is 3.24 Å². The van der Waals surface area contributed by atoms with E-state index >= 15 is 0 Å². The summed E-state index contributed by atoms with van der Waals surface area (Å²) in [6.07, 6.45) is 5.56. The van der Waals surface area contributed by atoms with E-state index in [0.717, 1.165) is 11.4 Å². The summed E-state index contributed by atoms with van der Waals surface area (Å²) in [6.45, 7) is 9.69. The lowest BCUT2D eigenvalue weighted by Gasteiger charge is -2.19. The van der Waals surface area contributed by atoms with E-state index in [9.17, 15) is 0 Å². The first-order chi connectivity index (χ1) is 7.15. The van der Waals surface area contributed by atoms with E-state index in [1.165, 1.54) is 5.56 Å². The summed E-state index contributed by atoms with van der Waals surface area (Å²) < 4.78 is 0. The average Bonchev–Trinajstić information content (AvgIpc) is 2.26. The van der Waals surface area contributed by atoms with Crippen molar-refractivity contribution in [1.29, 1.82) is 0 Å². The van der Waals surface area contributed by atoms with Crippen LogP contribution in [0.2, 0.25) is 0 Å². The van der Waals surface area contributed by atoms with Crippen LogP contribution in [0.25, 0.3) is 0 Å². The number of likely N-dealkylation sites (N-methyl/N-ethyl adjacent to an activating group) is 1. The Morgan fingerprint density at radius 2 is 1.87 bits per heavy atom. The molecule has 0 unspecified atom stereocenters. The van der Waals surface area contributed by atoms with Crippen molar-refractivity contribution in [2.24, 2.45) is 0 Å². The Balaban J connectivity index is 2.80. The van der Waals surface area contributed by atoms with Gasteiger partial charge in [0.2, 0.25) is 0 Å². The number of benzene rings is 1. The average molecular weight is 199 g/mol. The molecule has 0 heterocycles. The maximum Gasteiger partial charge on any atom is 0.0408 e. The molecule has 0 bridgehead atoms. The summed E-state index contributed by atoms with van der Waals surface area (Å²) >= 11 is 0. The third-order valence-electron chi connectivity index (χ3n) is 2.28. The van der Waals surface area contributed by atoms with Gasteiger partial charge in [0.25, 0.3) is 0 Å². The quantitative estimate of drug-likeness (QED) is 0.668. The molecule has 0 aliphatic rings. The molecule has 1 nitrogen and oxygen atoms in total. The smallest absolute Gasteiger partial charge is 0.0408 e. The van der Waals surface area contributed by atoms with Crippen LogP contribution in [-0.4, -0.2) is 7.05 Å². The SMILES string of the molecule is C=C/C=C\C(=C)N(C)c1ccc(C)cc1. The van der Waals surface area contributed by atoms with Crippen LogP contribution in [0.1, 0.15) is 5.56 Å². The Kier molecular flexibility index (Phi) is 3.92. The third-order valence-corrected chi connectivity index (χ3v) is 2.28. The molecule has 0 spiro atoms. The van der Waals surface area contributed by atoms with Gasteiger partial charge in [-0.25, -0.2) is 0 Å². The van der Waals surface area contributed by atoms with Crippen LogP contribution in [0.4, 0.5) is 5.69 Å². The van der Waals surface area contributed by atoms with Crippen molar-refractivity contribution in [1.82, 2.24) is 0 Å². The first kappa shape index (κ1) is 11.3. The van der Waals surface area contributed by atoms with Crippen LogP contribution in [0, 0.1) is 6.92 Å². The molecule has 15 heavy (non-hydrogen) atoms. The Hall–Kier alpha value is -1.76. The number of anilines is 1. The first-order valence-corrected chi connectivity index (χ1v) is 4.93. The second-order valence-corrected chi connectivity index (χ2v) is 3.48. The largest absolute Gasteiger partial charge is 0.345 e. The lowest BCUT2D eigenvalue weighted by Crippen LogP contribution is -2.13. The standard InChI is InChI=1S/C14H17N/c1-5-6-7-13(3)15(4)14-10-8-12(2)9-11-14/h5-11H,1,3H2,2,4H3/b7-6-. The Morgan fingerprint density at radius 1 is 1.27 bits per heavy atom. The van der Waals surface area contributed by atoms with E-state index in [1.807, 2.05) is 24.1 Å². The Bertz CT molecular complexity index is 371. The minimum Gasteiger partial charge on any atom is -0.345 e. The van der Waals surface area contributed by atoms with E-state index in [4.69, 9.17) is 0 Å². The molecule has 0 saturated heterocycles. The molecule has 1 aromatic carbocycles. The minimum atomic E-state index is 0.943. The minimum absolute atomic E-state index is 0.943. The third kappa shape index (κ3) is 3.13. The van der Waals surface area contributed by atoms with Crippen LogP contribution in [0.15, 0.2) is 61.3 Å². The summed E-state index contributed by atoms with van der Waals surface area (Å²) in [5.74, 6) is 0. The lowest BCUT2D eigenvalue weighted by molar-refractivity contribution is 1.14. The van der Waals surface area contributed by atoms with Crippen LogP contribution < -0.4 is 4.90 Å². The van der Waals surface area contributed by atoms with Gasteiger partial charge in [0, 0.05) is 18.4 Å². The van der Waals surface area contributed by atoms with E-state index < -0.39 is 0 Å². The molecule has 0 radical (unpaired) electrons. The van der Waals surface area contributed by atoms with Crippen LogP contribution >= 0.6 is 0 Å². The summed E-state index contributed by atoms with van der Waals surface area (Å²) in [7, 11) is 2.00. The summed E-state index contributed by atoms with van der Waals surface area (Å²) in [5.41, 5.74) is 3.34. The summed E-state index contributed by atoms with van der Waals surface area (Å²) in [5, 5.41) is 0. The van der Waals surface area contributed by atoms with E-state index in [1.54, 1.807) is 6.08 Å². The van der Waals surface area contributed by atoms with Crippen molar-refractivity contribution in [2.75, 3.05) is 11.9 Å². The Labute approximate surface area is 92.0 Å². The molecular weight excluding hydrogens is 182 g/mol. The number of allylic oxidation sites excluding steroid dienone is 3. The van der Waals surface area contributed by atoms with Crippen molar-refractivity contribution in [3.8, 4) is 0 Å². The van der Waals surface area contributed by atoms with Crippen LogP contribution in [0.5, 0.6) is 0 Å². The fourth-order valence-corrected chi connectivity index (χ4v) is 1.23. The molecule has 0 aromatic heterocycles. The molecule has 1 rings (SSSR count). The van der Waals surface area contributed by atoms with Crippen molar-refractivity contribution in [3.05, 3.63) is 66.9 Å². The van der Waals surface area contributed by atoms with E-state index in [-0.39, 0.29) is 0 Å². The Morgan fingerprint density at radius 3 is 2.40 bits per heavy atom. The zero-order chi connectivity index (χ0) is 11.3. The molecule has 0 saturated carbocycles. The molecule has 1 aromatic rings. The van der Waals surface area contributed by atoms with Crippen molar-refractivity contribution < 1.29 is 0 Å². The van der Waals surface area contributed by atoms with Crippen LogP contribution in [-0.2, 0) is 0 Å². The number of aryl methyl sites for hydroxylation is 1. The van der Waals surface area contributed by atoms with E-state index in [0.29, 0.717) is 0 Å². The number of hydrogen-bond donors (Lipinski definition) is 0. The zero-order valence-electron chi connectivity index (χ0n) is 9.40. The summed E-state index contributed by atoms with van der Waals surface area (Å²) in [4.78, 5) is 2.04. The predicted octanol–water partition coefficient (Wildman–Crippen LogP) is 3.69. The molecule has 1 heteroatoms. The van der Waals surface area contributed by atoms with Gasteiger partial charge in [-0.15, -0.1) is 0 Å². The molecule has 0 N–H and O–H groups in total. The fraction of sp³-hybridized carbons (Fsp3) is 0.143. The zero-order valence-corrected chi connectivity index (χ0v) is 9.40. The van der Waals surface area contributed by atoms with Gasteiger partial charge in [-0.2, -0.15) is 0 Å². The highest BCUT2D eigenvalue weighted by atomic mass is 15.1. The summed E-state index contributed by atoms with van der Waals surface area (Å²) in [6, 6.07) is 8.36.